The molecule has 16 heavy (non-hydrogen) atoms. The van der Waals surface area contributed by atoms with Crippen LogP contribution in [0.5, 0.6) is 5.75 Å². The minimum atomic E-state index is 0.511. The number of hydrogen-bond donors (Lipinski definition) is 0. The summed E-state index contributed by atoms with van der Waals surface area (Å²) >= 11 is 9.61. The van der Waals surface area contributed by atoms with E-state index < -0.39 is 0 Å². The Morgan fingerprint density at radius 2 is 2.06 bits per heavy atom. The normalized spacial score (nSPS) is 12.9. The highest BCUT2D eigenvalue weighted by molar-refractivity contribution is 9.09. The van der Waals surface area contributed by atoms with E-state index in [4.69, 9.17) is 16.3 Å². The van der Waals surface area contributed by atoms with Gasteiger partial charge in [0.15, 0.2) is 0 Å². The number of halogens is 2. The zero-order valence-corrected chi connectivity index (χ0v) is 12.3. The highest BCUT2D eigenvalue weighted by Gasteiger charge is 2.13. The Balaban J connectivity index is 2.60. The van der Waals surface area contributed by atoms with Gasteiger partial charge in [-0.25, -0.2) is 0 Å². The smallest absolute Gasteiger partial charge is 0.137 e. The third-order valence-corrected chi connectivity index (χ3v) is 3.81. The number of aryl methyl sites for hydroxylation is 1. The van der Waals surface area contributed by atoms with E-state index in [9.17, 15) is 0 Å². The molecular weight excluding hydrogens is 287 g/mol. The van der Waals surface area contributed by atoms with Gasteiger partial charge in [-0.05, 0) is 30.5 Å². The second-order valence-corrected chi connectivity index (χ2v) is 5.46. The summed E-state index contributed by atoms with van der Waals surface area (Å²) in [5.74, 6) is 1.89. The molecule has 3 heteroatoms. The molecule has 1 aromatic carbocycles. The quantitative estimate of drug-likeness (QED) is 0.717. The molecule has 0 aliphatic carbocycles. The minimum absolute atomic E-state index is 0.511. The Hall–Kier alpha value is -0.210. The second kappa shape index (κ2) is 6.51. The van der Waals surface area contributed by atoms with Gasteiger partial charge in [-0.15, -0.1) is 0 Å². The number of alkyl halides is 1. The Kier molecular flexibility index (Phi) is 5.63. The predicted molar refractivity (Wildman–Crippen MR) is 73.8 cm³/mol. The van der Waals surface area contributed by atoms with Gasteiger partial charge in [0, 0.05) is 11.2 Å². The van der Waals surface area contributed by atoms with Gasteiger partial charge in [0.1, 0.15) is 5.75 Å². The van der Waals surface area contributed by atoms with Crippen molar-refractivity contribution < 1.29 is 4.74 Å². The van der Waals surface area contributed by atoms with Gasteiger partial charge < -0.3 is 4.74 Å². The monoisotopic (exact) mass is 304 g/mol. The molecule has 1 nitrogen and oxygen atoms in total. The van der Waals surface area contributed by atoms with Gasteiger partial charge in [-0.3, -0.25) is 0 Å². The summed E-state index contributed by atoms with van der Waals surface area (Å²) in [6.45, 7) is 7.12. The molecule has 1 aromatic rings. The Morgan fingerprint density at radius 1 is 1.38 bits per heavy atom. The molecule has 0 aliphatic heterocycles. The molecule has 0 aliphatic rings. The fraction of sp³-hybridized carbons (Fsp3) is 0.538. The van der Waals surface area contributed by atoms with E-state index in [1.165, 1.54) is 0 Å². The lowest BCUT2D eigenvalue weighted by Crippen LogP contribution is -2.19. The summed E-state index contributed by atoms with van der Waals surface area (Å²) in [6, 6.07) is 5.87. The molecule has 0 N–H and O–H groups in total. The molecule has 1 atom stereocenters. The molecule has 0 bridgehead atoms. The van der Waals surface area contributed by atoms with Crippen LogP contribution in [-0.2, 0) is 0 Å². The molecule has 1 rings (SSSR count). The van der Waals surface area contributed by atoms with Crippen LogP contribution < -0.4 is 4.74 Å². The summed E-state index contributed by atoms with van der Waals surface area (Å²) < 4.78 is 5.74. The molecule has 0 fully saturated rings. The number of ether oxygens (including phenoxy) is 1. The fourth-order valence-electron chi connectivity index (χ4n) is 1.33. The number of benzene rings is 1. The first-order chi connectivity index (χ1) is 7.54. The van der Waals surface area contributed by atoms with E-state index >= 15 is 0 Å². The molecular formula is C13H18BrClO. The molecule has 0 aromatic heterocycles. The molecule has 0 saturated heterocycles. The highest BCUT2D eigenvalue weighted by Crippen LogP contribution is 2.26. The Morgan fingerprint density at radius 3 is 2.56 bits per heavy atom. The summed E-state index contributed by atoms with van der Waals surface area (Å²) in [7, 11) is 0. The largest absolute Gasteiger partial charge is 0.492 e. The first kappa shape index (κ1) is 13.9. The van der Waals surface area contributed by atoms with Crippen molar-refractivity contribution in [1.29, 1.82) is 0 Å². The van der Waals surface area contributed by atoms with Crippen LogP contribution in [0.2, 0.25) is 5.02 Å². The third-order valence-electron chi connectivity index (χ3n) is 2.68. The average Bonchev–Trinajstić information content (AvgIpc) is 2.21. The summed E-state index contributed by atoms with van der Waals surface area (Å²) in [4.78, 5) is 0. The van der Waals surface area contributed by atoms with Crippen molar-refractivity contribution in [2.75, 3.05) is 11.9 Å². The van der Waals surface area contributed by atoms with Gasteiger partial charge in [0.2, 0.25) is 0 Å². The fourth-order valence-corrected chi connectivity index (χ4v) is 2.56. The zero-order chi connectivity index (χ0) is 12.1. The van der Waals surface area contributed by atoms with E-state index in [0.29, 0.717) is 23.5 Å². The van der Waals surface area contributed by atoms with Crippen molar-refractivity contribution in [2.45, 2.75) is 20.8 Å². The number of rotatable bonds is 5. The van der Waals surface area contributed by atoms with E-state index in [-0.39, 0.29) is 0 Å². The molecule has 1 unspecified atom stereocenters. The maximum atomic E-state index is 6.10. The van der Waals surface area contributed by atoms with Crippen LogP contribution in [-0.4, -0.2) is 11.9 Å². The van der Waals surface area contributed by atoms with Gasteiger partial charge in [0.25, 0.3) is 0 Å². The maximum Gasteiger partial charge on any atom is 0.137 e. The average molecular weight is 306 g/mol. The van der Waals surface area contributed by atoms with E-state index in [1.54, 1.807) is 0 Å². The van der Waals surface area contributed by atoms with Crippen LogP contribution in [0.25, 0.3) is 0 Å². The van der Waals surface area contributed by atoms with Crippen LogP contribution >= 0.6 is 27.5 Å². The first-order valence-electron chi connectivity index (χ1n) is 5.49. The van der Waals surface area contributed by atoms with Crippen LogP contribution in [0, 0.1) is 18.8 Å². The van der Waals surface area contributed by atoms with Crippen LogP contribution in [0.3, 0.4) is 0 Å². The van der Waals surface area contributed by atoms with Crippen LogP contribution in [0.15, 0.2) is 18.2 Å². The van der Waals surface area contributed by atoms with Crippen molar-refractivity contribution in [1.82, 2.24) is 0 Å². The molecule has 0 spiro atoms. The molecule has 0 heterocycles. The lowest BCUT2D eigenvalue weighted by Gasteiger charge is -2.19. The topological polar surface area (TPSA) is 9.23 Å². The van der Waals surface area contributed by atoms with Crippen molar-refractivity contribution >= 4 is 27.5 Å². The lowest BCUT2D eigenvalue weighted by atomic mass is 9.99. The summed E-state index contributed by atoms with van der Waals surface area (Å²) in [5.41, 5.74) is 1.15. The van der Waals surface area contributed by atoms with Crippen molar-refractivity contribution in [3.63, 3.8) is 0 Å². The first-order valence-corrected chi connectivity index (χ1v) is 6.99. The SMILES string of the molecule is Cc1ccc(OCC(CBr)C(C)C)c(Cl)c1. The highest BCUT2D eigenvalue weighted by atomic mass is 79.9. The van der Waals surface area contributed by atoms with Crippen molar-refractivity contribution in [3.8, 4) is 5.75 Å². The third kappa shape index (κ3) is 3.99. The van der Waals surface area contributed by atoms with Gasteiger partial charge in [0.05, 0.1) is 11.6 Å². The van der Waals surface area contributed by atoms with E-state index in [2.05, 4.69) is 29.8 Å². The summed E-state index contributed by atoms with van der Waals surface area (Å²) in [5, 5.41) is 1.64. The summed E-state index contributed by atoms with van der Waals surface area (Å²) in [6.07, 6.45) is 0. The van der Waals surface area contributed by atoms with Gasteiger partial charge in [-0.2, -0.15) is 0 Å². The minimum Gasteiger partial charge on any atom is -0.492 e. The lowest BCUT2D eigenvalue weighted by molar-refractivity contribution is 0.227. The van der Waals surface area contributed by atoms with Crippen LogP contribution in [0.1, 0.15) is 19.4 Å². The van der Waals surface area contributed by atoms with E-state index in [1.807, 2.05) is 25.1 Å². The predicted octanol–water partition coefficient (Wildman–Crippen LogP) is 4.69. The molecule has 90 valence electrons. The van der Waals surface area contributed by atoms with E-state index in [0.717, 1.165) is 16.6 Å². The standard InChI is InChI=1S/C13H18BrClO/c1-9(2)11(7-14)8-16-13-5-4-10(3)6-12(13)15/h4-6,9,11H,7-8H2,1-3H3. The maximum absolute atomic E-state index is 6.10. The van der Waals surface area contributed by atoms with Gasteiger partial charge in [-0.1, -0.05) is 47.4 Å². The molecule has 0 radical (unpaired) electrons. The van der Waals surface area contributed by atoms with Crippen LogP contribution in [0.4, 0.5) is 0 Å². The second-order valence-electron chi connectivity index (χ2n) is 4.40. The van der Waals surface area contributed by atoms with Gasteiger partial charge >= 0.3 is 0 Å². The van der Waals surface area contributed by atoms with Crippen molar-refractivity contribution in [3.05, 3.63) is 28.8 Å². The molecule has 0 amide bonds. The zero-order valence-electron chi connectivity index (χ0n) is 9.97. The Labute approximate surface area is 111 Å². The Bertz CT molecular complexity index is 339. The number of hydrogen-bond acceptors (Lipinski definition) is 1. The van der Waals surface area contributed by atoms with Crippen molar-refractivity contribution in [2.24, 2.45) is 11.8 Å². The molecule has 0 saturated carbocycles.